The van der Waals surface area contributed by atoms with Crippen molar-refractivity contribution in [2.45, 2.75) is 32.1 Å². The van der Waals surface area contributed by atoms with E-state index >= 15 is 0 Å². The van der Waals surface area contributed by atoms with Gasteiger partial charge in [-0.05, 0) is 30.5 Å². The Kier molecular flexibility index (Phi) is 5.72. The van der Waals surface area contributed by atoms with E-state index in [1.54, 1.807) is 0 Å². The summed E-state index contributed by atoms with van der Waals surface area (Å²) < 4.78 is 67.6. The zero-order valence-electron chi connectivity index (χ0n) is 13.4. The van der Waals surface area contributed by atoms with Gasteiger partial charge in [-0.1, -0.05) is 12.1 Å². The Morgan fingerprint density at radius 3 is 2.31 bits per heavy atom. The molecule has 0 spiro atoms. The van der Waals surface area contributed by atoms with Gasteiger partial charge >= 0.3 is 18.8 Å². The largest absolute Gasteiger partial charge is 0.481 e. The average Bonchev–Trinajstić information content (AvgIpc) is 3.00. The molecule has 5 nitrogen and oxygen atoms in total. The molecular weight excluding hydrogens is 365 g/mol. The van der Waals surface area contributed by atoms with E-state index < -0.39 is 43.0 Å². The minimum absolute atomic E-state index is 0.0500. The van der Waals surface area contributed by atoms with Crippen LogP contribution in [0.25, 0.3) is 0 Å². The number of rotatable bonds is 6. The van der Waals surface area contributed by atoms with Crippen molar-refractivity contribution in [1.29, 1.82) is 0 Å². The number of halogens is 5. The first-order chi connectivity index (χ1) is 12.0. The third-order valence-electron chi connectivity index (χ3n) is 4.35. The number of ether oxygens (including phenoxy) is 1. The van der Waals surface area contributed by atoms with Gasteiger partial charge in [-0.25, -0.2) is 0 Å². The second-order valence-corrected chi connectivity index (χ2v) is 5.97. The van der Waals surface area contributed by atoms with Gasteiger partial charge < -0.3 is 14.7 Å². The van der Waals surface area contributed by atoms with Crippen LogP contribution in [0.4, 0.5) is 22.0 Å². The number of amides is 1. The van der Waals surface area contributed by atoms with Gasteiger partial charge in [-0.3, -0.25) is 9.59 Å². The van der Waals surface area contributed by atoms with Crippen LogP contribution in [0.3, 0.4) is 0 Å². The number of carbonyl (C=O) groups excluding carboxylic acids is 1. The monoisotopic (exact) mass is 381 g/mol. The van der Waals surface area contributed by atoms with Gasteiger partial charge in [0.25, 0.3) is 0 Å². The molecule has 1 aromatic rings. The van der Waals surface area contributed by atoms with Gasteiger partial charge in [0.1, 0.15) is 5.75 Å². The number of hydrogen-bond donors (Lipinski definition) is 1. The first kappa shape index (κ1) is 19.9. The highest BCUT2D eigenvalue weighted by atomic mass is 19.4. The van der Waals surface area contributed by atoms with Crippen molar-refractivity contribution < 1.29 is 41.4 Å². The zero-order valence-corrected chi connectivity index (χ0v) is 13.4. The number of hydrogen-bond acceptors (Lipinski definition) is 3. The lowest BCUT2D eigenvalue weighted by atomic mass is 9.86. The average molecular weight is 381 g/mol. The van der Waals surface area contributed by atoms with Crippen molar-refractivity contribution in [3.63, 3.8) is 0 Å². The molecule has 0 radical (unpaired) electrons. The van der Waals surface area contributed by atoms with E-state index in [9.17, 15) is 31.5 Å². The van der Waals surface area contributed by atoms with Crippen molar-refractivity contribution in [3.8, 4) is 5.75 Å². The summed E-state index contributed by atoms with van der Waals surface area (Å²) in [4.78, 5) is 24.1. The quantitative estimate of drug-likeness (QED) is 0.769. The normalized spacial score (nSPS) is 20.5. The molecule has 1 fully saturated rings. The second-order valence-electron chi connectivity index (χ2n) is 5.97. The number of carboxylic acid groups (broad SMARTS) is 1. The Balaban J connectivity index is 1.94. The standard InChI is InChI=1S/C16H16F5NO4/c17-14(18)26-11-4-1-10(2-5-11)3-6-12(23)22-8-7-15(9-22,13(24)25)16(19,20)21/h1-2,4-5,14H,3,6-9H2,(H,24,25). The molecule has 1 N–H and O–H groups in total. The molecule has 1 saturated heterocycles. The van der Waals surface area contributed by atoms with Crippen molar-refractivity contribution in [2.75, 3.05) is 13.1 Å². The van der Waals surface area contributed by atoms with E-state index in [1.165, 1.54) is 24.3 Å². The van der Waals surface area contributed by atoms with Crippen molar-refractivity contribution in [3.05, 3.63) is 29.8 Å². The van der Waals surface area contributed by atoms with Crippen molar-refractivity contribution >= 4 is 11.9 Å². The maximum absolute atomic E-state index is 13.1. The molecule has 1 unspecified atom stereocenters. The molecule has 1 aliphatic heterocycles. The summed E-state index contributed by atoms with van der Waals surface area (Å²) in [6.45, 7) is -4.15. The molecule has 1 aliphatic rings. The maximum atomic E-state index is 13.1. The van der Waals surface area contributed by atoms with Gasteiger partial charge in [-0.2, -0.15) is 22.0 Å². The Hall–Kier alpha value is -2.39. The molecule has 1 amide bonds. The van der Waals surface area contributed by atoms with Gasteiger partial charge in [0.15, 0.2) is 5.41 Å². The summed E-state index contributed by atoms with van der Waals surface area (Å²) in [7, 11) is 0. The number of aryl methyl sites for hydroxylation is 1. The first-order valence-corrected chi connectivity index (χ1v) is 7.67. The summed E-state index contributed by atoms with van der Waals surface area (Å²) >= 11 is 0. The number of likely N-dealkylation sites (tertiary alicyclic amines) is 1. The molecule has 0 saturated carbocycles. The Morgan fingerprint density at radius 2 is 1.85 bits per heavy atom. The van der Waals surface area contributed by atoms with Crippen LogP contribution in [0.1, 0.15) is 18.4 Å². The van der Waals surface area contributed by atoms with E-state index in [0.29, 0.717) is 5.56 Å². The SMILES string of the molecule is O=C(CCc1ccc(OC(F)F)cc1)N1CCC(C(=O)O)(C(F)(F)F)C1. The summed E-state index contributed by atoms with van der Waals surface area (Å²) in [5.41, 5.74) is -2.32. The molecule has 0 bridgehead atoms. The lowest BCUT2D eigenvalue weighted by Gasteiger charge is -2.27. The Labute approximate surface area is 145 Å². The smallest absolute Gasteiger partial charge is 0.406 e. The third-order valence-corrected chi connectivity index (χ3v) is 4.35. The number of carbonyl (C=O) groups is 2. The molecular formula is C16H16F5NO4. The summed E-state index contributed by atoms with van der Waals surface area (Å²) in [6, 6.07) is 5.51. The highest BCUT2D eigenvalue weighted by Gasteiger charge is 2.64. The summed E-state index contributed by atoms with van der Waals surface area (Å²) in [5, 5.41) is 8.97. The Bertz CT molecular complexity index is 662. The van der Waals surface area contributed by atoms with Gasteiger partial charge in [0.2, 0.25) is 5.91 Å². The van der Waals surface area contributed by atoms with Crippen LogP contribution in [-0.4, -0.2) is 47.8 Å². The highest BCUT2D eigenvalue weighted by Crippen LogP contribution is 2.45. The van der Waals surface area contributed by atoms with E-state index in [2.05, 4.69) is 4.74 Å². The number of nitrogens with zero attached hydrogens (tertiary/aromatic N) is 1. The zero-order chi connectivity index (χ0) is 19.5. The third kappa shape index (κ3) is 4.23. The molecule has 144 valence electrons. The van der Waals surface area contributed by atoms with E-state index in [1.807, 2.05) is 0 Å². The van der Waals surface area contributed by atoms with Crippen LogP contribution in [0, 0.1) is 5.41 Å². The maximum Gasteiger partial charge on any atom is 0.406 e. The molecule has 1 aromatic carbocycles. The molecule has 1 atom stereocenters. The topological polar surface area (TPSA) is 66.8 Å². The van der Waals surface area contributed by atoms with Crippen LogP contribution >= 0.6 is 0 Å². The predicted octanol–water partition coefficient (Wildman–Crippen LogP) is 3.09. The fraction of sp³-hybridized carbons (Fsp3) is 0.500. The number of aliphatic carboxylic acids is 1. The van der Waals surface area contributed by atoms with Crippen molar-refractivity contribution in [2.24, 2.45) is 5.41 Å². The molecule has 26 heavy (non-hydrogen) atoms. The Morgan fingerprint density at radius 1 is 1.23 bits per heavy atom. The summed E-state index contributed by atoms with van der Waals surface area (Å²) in [6.07, 6.45) is -5.58. The first-order valence-electron chi connectivity index (χ1n) is 7.67. The fourth-order valence-electron chi connectivity index (χ4n) is 2.80. The van der Waals surface area contributed by atoms with Crippen LogP contribution in [0.15, 0.2) is 24.3 Å². The van der Waals surface area contributed by atoms with E-state index in [0.717, 1.165) is 4.90 Å². The van der Waals surface area contributed by atoms with Crippen LogP contribution in [-0.2, 0) is 16.0 Å². The minimum atomic E-state index is -4.95. The van der Waals surface area contributed by atoms with E-state index in [4.69, 9.17) is 5.11 Å². The van der Waals surface area contributed by atoms with Crippen LogP contribution in [0.5, 0.6) is 5.75 Å². The van der Waals surface area contributed by atoms with Crippen LogP contribution in [0.2, 0.25) is 0 Å². The lowest BCUT2D eigenvalue weighted by molar-refractivity contribution is -0.227. The van der Waals surface area contributed by atoms with Gasteiger partial charge in [0.05, 0.1) is 0 Å². The predicted molar refractivity (Wildman–Crippen MR) is 78.7 cm³/mol. The molecule has 2 rings (SSSR count). The van der Waals surface area contributed by atoms with E-state index in [-0.39, 0.29) is 25.1 Å². The van der Waals surface area contributed by atoms with Gasteiger partial charge in [0, 0.05) is 19.5 Å². The molecule has 10 heteroatoms. The lowest BCUT2D eigenvalue weighted by Crippen LogP contribution is -2.47. The number of benzene rings is 1. The number of carboxylic acids is 1. The molecule has 0 aliphatic carbocycles. The van der Waals surface area contributed by atoms with Crippen molar-refractivity contribution in [1.82, 2.24) is 4.90 Å². The molecule has 0 aromatic heterocycles. The van der Waals surface area contributed by atoms with Gasteiger partial charge in [-0.15, -0.1) is 0 Å². The minimum Gasteiger partial charge on any atom is -0.481 e. The second kappa shape index (κ2) is 7.46. The summed E-state index contributed by atoms with van der Waals surface area (Å²) in [5.74, 6) is -2.63. The highest BCUT2D eigenvalue weighted by molar-refractivity contribution is 5.81. The fourth-order valence-corrected chi connectivity index (χ4v) is 2.80. The number of alkyl halides is 5. The van der Waals surface area contributed by atoms with Crippen LogP contribution < -0.4 is 4.74 Å². The molecule has 1 heterocycles.